The summed E-state index contributed by atoms with van der Waals surface area (Å²) in [5.41, 5.74) is 1.37. The first-order valence-electron chi connectivity index (χ1n) is 7.67. The third-order valence-corrected chi connectivity index (χ3v) is 3.85. The molecule has 0 fully saturated rings. The predicted octanol–water partition coefficient (Wildman–Crippen LogP) is 3.97. The number of nitrogens with zero attached hydrogens (tertiary/aromatic N) is 2. The van der Waals surface area contributed by atoms with Gasteiger partial charge in [-0.3, -0.25) is 4.79 Å². The molecule has 1 heterocycles. The highest BCUT2D eigenvalue weighted by Gasteiger charge is 2.11. The van der Waals surface area contributed by atoms with E-state index in [1.165, 1.54) is 0 Å². The van der Waals surface area contributed by atoms with Gasteiger partial charge in [0.15, 0.2) is 0 Å². The van der Waals surface area contributed by atoms with Crippen LogP contribution in [-0.2, 0) is 11.2 Å². The van der Waals surface area contributed by atoms with Gasteiger partial charge >= 0.3 is 0 Å². The fourth-order valence-corrected chi connectivity index (χ4v) is 2.38. The highest BCUT2D eigenvalue weighted by molar-refractivity contribution is 6.33. The molecule has 0 atom stereocenters. The summed E-state index contributed by atoms with van der Waals surface area (Å²) in [7, 11) is 1.60. The Balaban J connectivity index is 1.58. The number of amides is 1. The number of benzene rings is 2. The molecule has 0 saturated heterocycles. The normalized spacial score (nSPS) is 10.5. The summed E-state index contributed by atoms with van der Waals surface area (Å²) in [6.45, 7) is 0. The minimum Gasteiger partial charge on any atom is -0.497 e. The van der Waals surface area contributed by atoms with Crippen LogP contribution in [0, 0.1) is 0 Å². The minimum atomic E-state index is -0.169. The van der Waals surface area contributed by atoms with Gasteiger partial charge in [-0.15, -0.1) is 10.2 Å². The molecule has 0 aliphatic heterocycles. The van der Waals surface area contributed by atoms with E-state index in [1.807, 2.05) is 24.3 Å². The lowest BCUT2D eigenvalue weighted by atomic mass is 10.2. The number of carbonyl (C=O) groups excluding carboxylic acids is 1. The fraction of sp³-hybridized carbons (Fsp3) is 0.167. The summed E-state index contributed by atoms with van der Waals surface area (Å²) in [6.07, 6.45) is 0.564. The number of methoxy groups -OCH3 is 1. The Kier molecular flexibility index (Phi) is 5.30. The smallest absolute Gasteiger partial charge is 0.247 e. The number of anilines is 1. The molecule has 0 radical (unpaired) electrons. The van der Waals surface area contributed by atoms with Crippen LogP contribution in [0.5, 0.6) is 5.75 Å². The first kappa shape index (κ1) is 17.0. The monoisotopic (exact) mass is 357 g/mol. The molecule has 0 aliphatic carbocycles. The molecule has 0 unspecified atom stereocenters. The van der Waals surface area contributed by atoms with Crippen LogP contribution in [0.15, 0.2) is 52.9 Å². The van der Waals surface area contributed by atoms with E-state index in [4.69, 9.17) is 20.8 Å². The lowest BCUT2D eigenvalue weighted by molar-refractivity contribution is -0.116. The molecule has 3 aromatic rings. The molecule has 0 saturated carbocycles. The van der Waals surface area contributed by atoms with E-state index in [1.54, 1.807) is 31.4 Å². The van der Waals surface area contributed by atoms with Gasteiger partial charge in [-0.1, -0.05) is 23.7 Å². The molecule has 0 spiro atoms. The average molecular weight is 358 g/mol. The second kappa shape index (κ2) is 7.81. The van der Waals surface area contributed by atoms with Crippen LogP contribution >= 0.6 is 11.6 Å². The van der Waals surface area contributed by atoms with Crippen molar-refractivity contribution >= 4 is 23.2 Å². The lowest BCUT2D eigenvalue weighted by Crippen LogP contribution is -2.12. The van der Waals surface area contributed by atoms with E-state index < -0.39 is 0 Å². The Morgan fingerprint density at radius 3 is 2.64 bits per heavy atom. The Hall–Kier alpha value is -2.86. The van der Waals surface area contributed by atoms with Crippen LogP contribution in [0.1, 0.15) is 12.3 Å². The second-order valence-corrected chi connectivity index (χ2v) is 5.66. The van der Waals surface area contributed by atoms with Gasteiger partial charge in [0.05, 0.1) is 17.8 Å². The Morgan fingerprint density at radius 1 is 1.16 bits per heavy atom. The van der Waals surface area contributed by atoms with Crippen LogP contribution in [0.2, 0.25) is 5.02 Å². The van der Waals surface area contributed by atoms with Gasteiger partial charge in [-0.05, 0) is 36.4 Å². The SMILES string of the molecule is COc1ccc(-c2nnc(CCC(=O)Nc3ccccc3Cl)o2)cc1. The highest BCUT2D eigenvalue weighted by Crippen LogP contribution is 2.22. The van der Waals surface area contributed by atoms with Gasteiger partial charge in [0.1, 0.15) is 5.75 Å². The number of hydrogen-bond acceptors (Lipinski definition) is 5. The molecule has 0 aliphatic rings. The summed E-state index contributed by atoms with van der Waals surface area (Å²) < 4.78 is 10.7. The largest absolute Gasteiger partial charge is 0.497 e. The number of hydrogen-bond donors (Lipinski definition) is 1. The predicted molar refractivity (Wildman–Crippen MR) is 94.7 cm³/mol. The van der Waals surface area contributed by atoms with Crippen molar-refractivity contribution in [2.45, 2.75) is 12.8 Å². The number of aryl methyl sites for hydroxylation is 1. The van der Waals surface area contributed by atoms with E-state index in [9.17, 15) is 4.79 Å². The van der Waals surface area contributed by atoms with Crippen molar-refractivity contribution in [3.63, 3.8) is 0 Å². The number of aromatic nitrogens is 2. The van der Waals surface area contributed by atoms with Crippen molar-refractivity contribution in [1.29, 1.82) is 0 Å². The topological polar surface area (TPSA) is 77.2 Å². The molecule has 25 heavy (non-hydrogen) atoms. The van der Waals surface area contributed by atoms with E-state index >= 15 is 0 Å². The van der Waals surface area contributed by atoms with Crippen LogP contribution in [-0.4, -0.2) is 23.2 Å². The quantitative estimate of drug-likeness (QED) is 0.722. The van der Waals surface area contributed by atoms with Crippen LogP contribution in [0.25, 0.3) is 11.5 Å². The maximum atomic E-state index is 12.0. The first-order valence-corrected chi connectivity index (χ1v) is 8.04. The van der Waals surface area contributed by atoms with Crippen molar-refractivity contribution in [2.24, 2.45) is 0 Å². The van der Waals surface area contributed by atoms with E-state index in [0.717, 1.165) is 11.3 Å². The maximum absolute atomic E-state index is 12.0. The zero-order valence-electron chi connectivity index (χ0n) is 13.5. The van der Waals surface area contributed by atoms with Crippen LogP contribution in [0.4, 0.5) is 5.69 Å². The molecule has 1 N–H and O–H groups in total. The number of nitrogens with one attached hydrogen (secondary N) is 1. The third-order valence-electron chi connectivity index (χ3n) is 3.52. The second-order valence-electron chi connectivity index (χ2n) is 5.26. The van der Waals surface area contributed by atoms with Crippen molar-refractivity contribution in [3.8, 4) is 17.2 Å². The zero-order chi connectivity index (χ0) is 17.6. The van der Waals surface area contributed by atoms with E-state index in [-0.39, 0.29) is 12.3 Å². The molecule has 0 bridgehead atoms. The molecule has 1 amide bonds. The van der Waals surface area contributed by atoms with Crippen LogP contribution < -0.4 is 10.1 Å². The number of carbonyl (C=O) groups is 1. The molecule has 7 heteroatoms. The van der Waals surface area contributed by atoms with Gasteiger partial charge in [0, 0.05) is 18.4 Å². The first-order chi connectivity index (χ1) is 12.2. The maximum Gasteiger partial charge on any atom is 0.247 e. The minimum absolute atomic E-state index is 0.169. The highest BCUT2D eigenvalue weighted by atomic mass is 35.5. The van der Waals surface area contributed by atoms with Gasteiger partial charge in [-0.25, -0.2) is 0 Å². The third kappa shape index (κ3) is 4.36. The summed E-state index contributed by atoms with van der Waals surface area (Å²) >= 11 is 6.01. The van der Waals surface area contributed by atoms with Gasteiger partial charge < -0.3 is 14.5 Å². The van der Waals surface area contributed by atoms with E-state index in [0.29, 0.717) is 28.9 Å². The van der Waals surface area contributed by atoms with E-state index in [2.05, 4.69) is 15.5 Å². The molecule has 1 aromatic heterocycles. The summed E-state index contributed by atoms with van der Waals surface area (Å²) in [5, 5.41) is 11.2. The lowest BCUT2D eigenvalue weighted by Gasteiger charge is -2.05. The van der Waals surface area contributed by atoms with Crippen molar-refractivity contribution in [2.75, 3.05) is 12.4 Å². The van der Waals surface area contributed by atoms with Crippen molar-refractivity contribution in [1.82, 2.24) is 10.2 Å². The van der Waals surface area contributed by atoms with Crippen molar-refractivity contribution < 1.29 is 13.9 Å². The van der Waals surface area contributed by atoms with Gasteiger partial charge in [0.2, 0.25) is 17.7 Å². The average Bonchev–Trinajstić information content (AvgIpc) is 3.11. The number of rotatable bonds is 6. The van der Waals surface area contributed by atoms with Crippen molar-refractivity contribution in [3.05, 3.63) is 59.4 Å². The molecular formula is C18H16ClN3O3. The van der Waals surface area contributed by atoms with Gasteiger partial charge in [-0.2, -0.15) is 0 Å². The summed E-state index contributed by atoms with van der Waals surface area (Å²) in [5.74, 6) is 1.39. The number of ether oxygens (including phenoxy) is 1. The Bertz CT molecular complexity index is 862. The van der Waals surface area contributed by atoms with Gasteiger partial charge in [0.25, 0.3) is 0 Å². The standard InChI is InChI=1S/C18H16ClN3O3/c1-24-13-8-6-12(7-9-13)18-22-21-17(25-18)11-10-16(23)20-15-5-3-2-4-14(15)19/h2-9H,10-11H2,1H3,(H,20,23). The molecule has 3 rings (SSSR count). The van der Waals surface area contributed by atoms with Crippen LogP contribution in [0.3, 0.4) is 0 Å². The zero-order valence-corrected chi connectivity index (χ0v) is 14.3. The molecular weight excluding hydrogens is 342 g/mol. The number of halogens is 1. The summed E-state index contributed by atoms with van der Waals surface area (Å²) in [4.78, 5) is 12.0. The fourth-order valence-electron chi connectivity index (χ4n) is 2.20. The molecule has 6 nitrogen and oxygen atoms in total. The summed E-state index contributed by atoms with van der Waals surface area (Å²) in [6, 6.07) is 14.4. The Morgan fingerprint density at radius 2 is 1.92 bits per heavy atom. The molecule has 2 aromatic carbocycles. The Labute approximate surface area is 149 Å². The molecule has 128 valence electrons. The number of para-hydroxylation sites is 1.